The third-order valence-electron chi connectivity index (χ3n) is 3.23. The maximum Gasteiger partial charge on any atom is 0.303 e. The summed E-state index contributed by atoms with van der Waals surface area (Å²) in [5, 5.41) is 8.83. The fourth-order valence-electron chi connectivity index (χ4n) is 2.55. The second kappa shape index (κ2) is 5.35. The molecule has 5 heteroatoms. The lowest BCUT2D eigenvalue weighted by atomic mass is 9.91. The SMILES string of the molecule is NC1CC(CC(=O)O)CN(c2ccccc2F)C1. The Morgan fingerprint density at radius 2 is 2.17 bits per heavy atom. The number of carboxylic acid groups (broad SMARTS) is 1. The molecule has 1 aromatic rings. The number of carboxylic acids is 1. The number of halogens is 1. The topological polar surface area (TPSA) is 66.6 Å². The largest absolute Gasteiger partial charge is 0.481 e. The number of rotatable bonds is 3. The molecule has 1 aromatic carbocycles. The van der Waals surface area contributed by atoms with Crippen LogP contribution in [0.1, 0.15) is 12.8 Å². The van der Waals surface area contributed by atoms with Crippen molar-refractivity contribution in [2.45, 2.75) is 18.9 Å². The third kappa shape index (κ3) is 2.98. The van der Waals surface area contributed by atoms with Gasteiger partial charge in [-0.25, -0.2) is 4.39 Å². The minimum absolute atomic E-state index is 0.0224. The summed E-state index contributed by atoms with van der Waals surface area (Å²) in [4.78, 5) is 12.6. The van der Waals surface area contributed by atoms with Gasteiger partial charge in [-0.15, -0.1) is 0 Å². The summed E-state index contributed by atoms with van der Waals surface area (Å²) in [5.74, 6) is -1.14. The van der Waals surface area contributed by atoms with Crippen LogP contribution in [-0.2, 0) is 4.79 Å². The van der Waals surface area contributed by atoms with Gasteiger partial charge in [0.25, 0.3) is 0 Å². The van der Waals surface area contributed by atoms with E-state index in [-0.39, 0.29) is 24.2 Å². The van der Waals surface area contributed by atoms with Gasteiger partial charge < -0.3 is 15.7 Å². The van der Waals surface area contributed by atoms with E-state index < -0.39 is 5.97 Å². The summed E-state index contributed by atoms with van der Waals surface area (Å²) in [6.07, 6.45) is 0.760. The minimum atomic E-state index is -0.831. The molecule has 0 aliphatic carbocycles. The van der Waals surface area contributed by atoms with Crippen LogP contribution in [0.2, 0.25) is 0 Å². The van der Waals surface area contributed by atoms with Crippen LogP contribution >= 0.6 is 0 Å². The average Bonchev–Trinajstić information content (AvgIpc) is 2.27. The highest BCUT2D eigenvalue weighted by atomic mass is 19.1. The quantitative estimate of drug-likeness (QED) is 0.854. The Morgan fingerprint density at radius 3 is 2.83 bits per heavy atom. The van der Waals surface area contributed by atoms with Crippen molar-refractivity contribution in [2.75, 3.05) is 18.0 Å². The molecule has 2 atom stereocenters. The van der Waals surface area contributed by atoms with Crippen molar-refractivity contribution in [3.05, 3.63) is 30.1 Å². The standard InChI is InChI=1S/C13H17FN2O2/c14-11-3-1-2-4-12(11)16-7-9(6-13(17)18)5-10(15)8-16/h1-4,9-10H,5-8,15H2,(H,17,18). The number of carbonyl (C=O) groups is 1. The van der Waals surface area contributed by atoms with Crippen molar-refractivity contribution >= 4 is 11.7 Å². The van der Waals surface area contributed by atoms with Crippen LogP contribution in [0.4, 0.5) is 10.1 Å². The smallest absolute Gasteiger partial charge is 0.303 e. The van der Waals surface area contributed by atoms with Crippen LogP contribution in [0.25, 0.3) is 0 Å². The lowest BCUT2D eigenvalue weighted by Gasteiger charge is -2.37. The van der Waals surface area contributed by atoms with E-state index in [0.717, 1.165) is 0 Å². The number of aliphatic carboxylic acids is 1. The zero-order valence-corrected chi connectivity index (χ0v) is 10.1. The average molecular weight is 252 g/mol. The Hall–Kier alpha value is -1.62. The van der Waals surface area contributed by atoms with Gasteiger partial charge in [0, 0.05) is 25.6 Å². The van der Waals surface area contributed by atoms with Crippen LogP contribution in [0.15, 0.2) is 24.3 Å². The van der Waals surface area contributed by atoms with Gasteiger partial charge in [0.2, 0.25) is 0 Å². The van der Waals surface area contributed by atoms with Crippen molar-refractivity contribution in [2.24, 2.45) is 11.7 Å². The summed E-state index contributed by atoms with van der Waals surface area (Å²) in [6, 6.07) is 6.40. The van der Waals surface area contributed by atoms with Crippen LogP contribution in [0, 0.1) is 11.7 Å². The molecule has 1 aliphatic rings. The fraction of sp³-hybridized carbons (Fsp3) is 0.462. The van der Waals surface area contributed by atoms with E-state index >= 15 is 0 Å². The maximum atomic E-state index is 13.7. The van der Waals surface area contributed by atoms with Crippen LogP contribution in [0.3, 0.4) is 0 Å². The molecular weight excluding hydrogens is 235 g/mol. The van der Waals surface area contributed by atoms with Gasteiger partial charge in [0.15, 0.2) is 0 Å². The molecule has 0 radical (unpaired) electrons. The lowest BCUT2D eigenvalue weighted by Crippen LogP contribution is -2.47. The molecule has 0 amide bonds. The van der Waals surface area contributed by atoms with E-state index in [0.29, 0.717) is 25.2 Å². The zero-order valence-electron chi connectivity index (χ0n) is 10.1. The van der Waals surface area contributed by atoms with E-state index in [1.165, 1.54) is 6.07 Å². The van der Waals surface area contributed by atoms with Crippen molar-refractivity contribution in [3.63, 3.8) is 0 Å². The van der Waals surface area contributed by atoms with Crippen molar-refractivity contribution in [1.29, 1.82) is 0 Å². The van der Waals surface area contributed by atoms with Gasteiger partial charge >= 0.3 is 5.97 Å². The maximum absolute atomic E-state index is 13.7. The van der Waals surface area contributed by atoms with Gasteiger partial charge in [-0.1, -0.05) is 12.1 Å². The first-order valence-electron chi connectivity index (χ1n) is 6.03. The van der Waals surface area contributed by atoms with E-state index in [1.807, 2.05) is 4.90 Å². The van der Waals surface area contributed by atoms with E-state index in [4.69, 9.17) is 10.8 Å². The van der Waals surface area contributed by atoms with Crippen LogP contribution in [-0.4, -0.2) is 30.2 Å². The van der Waals surface area contributed by atoms with Gasteiger partial charge in [-0.05, 0) is 24.5 Å². The number of nitrogens with two attached hydrogens (primary N) is 1. The van der Waals surface area contributed by atoms with Crippen molar-refractivity contribution < 1.29 is 14.3 Å². The van der Waals surface area contributed by atoms with Gasteiger partial charge in [0.1, 0.15) is 5.82 Å². The Morgan fingerprint density at radius 1 is 1.44 bits per heavy atom. The number of benzene rings is 1. The number of hydrogen-bond donors (Lipinski definition) is 2. The molecule has 1 fully saturated rings. The minimum Gasteiger partial charge on any atom is -0.481 e. The van der Waals surface area contributed by atoms with Crippen LogP contribution < -0.4 is 10.6 Å². The van der Waals surface area contributed by atoms with Crippen molar-refractivity contribution in [1.82, 2.24) is 0 Å². The summed E-state index contributed by atoms with van der Waals surface area (Å²) in [5.41, 5.74) is 6.42. The van der Waals surface area contributed by atoms with Crippen LogP contribution in [0.5, 0.6) is 0 Å². The predicted molar refractivity (Wildman–Crippen MR) is 66.9 cm³/mol. The number of nitrogens with zero attached hydrogens (tertiary/aromatic N) is 1. The normalized spacial score (nSPS) is 24.0. The predicted octanol–water partition coefficient (Wildman–Crippen LogP) is 1.45. The molecule has 98 valence electrons. The summed E-state index contributed by atoms with van der Waals surface area (Å²) in [6.45, 7) is 1.11. The fourth-order valence-corrected chi connectivity index (χ4v) is 2.55. The van der Waals surface area contributed by atoms with E-state index in [2.05, 4.69) is 0 Å². The highest BCUT2D eigenvalue weighted by Crippen LogP contribution is 2.26. The third-order valence-corrected chi connectivity index (χ3v) is 3.23. The Kier molecular flexibility index (Phi) is 3.81. The molecule has 1 saturated heterocycles. The molecule has 0 aromatic heterocycles. The molecular formula is C13H17FN2O2. The summed E-state index contributed by atoms with van der Waals surface area (Å²) in [7, 11) is 0. The summed E-state index contributed by atoms with van der Waals surface area (Å²) >= 11 is 0. The molecule has 3 N–H and O–H groups in total. The molecule has 4 nitrogen and oxygen atoms in total. The monoisotopic (exact) mass is 252 g/mol. The Labute approximate surface area is 105 Å². The molecule has 2 rings (SSSR count). The number of anilines is 1. The second-order valence-corrected chi connectivity index (χ2v) is 4.82. The number of para-hydroxylation sites is 1. The van der Waals surface area contributed by atoms with Gasteiger partial charge in [0.05, 0.1) is 5.69 Å². The Bertz CT molecular complexity index is 439. The first kappa shape index (κ1) is 12.8. The zero-order chi connectivity index (χ0) is 13.1. The molecule has 0 saturated carbocycles. The highest BCUT2D eigenvalue weighted by Gasteiger charge is 2.27. The van der Waals surface area contributed by atoms with E-state index in [9.17, 15) is 9.18 Å². The van der Waals surface area contributed by atoms with Gasteiger partial charge in [-0.2, -0.15) is 0 Å². The molecule has 0 bridgehead atoms. The highest BCUT2D eigenvalue weighted by molar-refractivity contribution is 5.67. The molecule has 1 heterocycles. The van der Waals surface area contributed by atoms with Crippen molar-refractivity contribution in [3.8, 4) is 0 Å². The molecule has 0 spiro atoms. The molecule has 2 unspecified atom stereocenters. The lowest BCUT2D eigenvalue weighted by molar-refractivity contribution is -0.138. The summed E-state index contributed by atoms with van der Waals surface area (Å²) < 4.78 is 13.7. The molecule has 18 heavy (non-hydrogen) atoms. The number of piperidine rings is 1. The molecule has 1 aliphatic heterocycles. The van der Waals surface area contributed by atoms with Gasteiger partial charge in [-0.3, -0.25) is 4.79 Å². The second-order valence-electron chi connectivity index (χ2n) is 4.82. The number of hydrogen-bond acceptors (Lipinski definition) is 3. The first-order valence-corrected chi connectivity index (χ1v) is 6.03. The first-order chi connectivity index (χ1) is 8.56. The Balaban J connectivity index is 2.13. The van der Waals surface area contributed by atoms with E-state index in [1.54, 1.807) is 18.2 Å².